The Balaban J connectivity index is 0.00000306. The Morgan fingerprint density at radius 2 is 1.70 bits per heavy atom. The molecule has 33 heavy (non-hydrogen) atoms. The molecule has 4 rings (SSSR count). The van der Waals surface area contributed by atoms with E-state index in [4.69, 9.17) is 4.98 Å². The maximum atomic E-state index is 12.6. The monoisotopic (exact) mass is 557 g/mol. The van der Waals surface area contributed by atoms with Gasteiger partial charge >= 0.3 is 0 Å². The molecule has 0 bridgehead atoms. The van der Waals surface area contributed by atoms with Crippen LogP contribution in [0.3, 0.4) is 0 Å². The van der Waals surface area contributed by atoms with Gasteiger partial charge in [0.15, 0.2) is 5.65 Å². The second-order valence-corrected chi connectivity index (χ2v) is 9.53. The van der Waals surface area contributed by atoms with Crippen LogP contribution >= 0.6 is 0 Å². The fourth-order valence-corrected chi connectivity index (χ4v) is 4.14. The molecule has 0 unspecified atom stereocenters. The van der Waals surface area contributed by atoms with Crippen LogP contribution in [0.4, 0.5) is 5.69 Å². The SMILES string of the molecule is Cc1cccc(C)c1CNc1cc(-n2ccccc2=O)cn2c(C[N+](C)(C)C)c(C)nc12.[I-]. The number of nitrogens with one attached hydrogen (secondary N) is 1. The van der Waals surface area contributed by atoms with E-state index < -0.39 is 0 Å². The van der Waals surface area contributed by atoms with Crippen molar-refractivity contribution in [1.82, 2.24) is 14.0 Å². The molecule has 0 atom stereocenters. The summed E-state index contributed by atoms with van der Waals surface area (Å²) >= 11 is 0. The summed E-state index contributed by atoms with van der Waals surface area (Å²) in [5, 5.41) is 3.61. The van der Waals surface area contributed by atoms with Crippen molar-refractivity contribution in [3.63, 3.8) is 0 Å². The molecule has 6 nitrogen and oxygen atoms in total. The van der Waals surface area contributed by atoms with Gasteiger partial charge < -0.3 is 33.8 Å². The second kappa shape index (κ2) is 9.69. The normalized spacial score (nSPS) is 11.5. The number of pyridine rings is 2. The highest BCUT2D eigenvalue weighted by molar-refractivity contribution is 5.72. The van der Waals surface area contributed by atoms with E-state index in [-0.39, 0.29) is 29.5 Å². The van der Waals surface area contributed by atoms with Crippen molar-refractivity contribution in [3.05, 3.63) is 93.3 Å². The first-order valence-electron chi connectivity index (χ1n) is 10.9. The van der Waals surface area contributed by atoms with Crippen LogP contribution in [-0.2, 0) is 13.1 Å². The first-order valence-corrected chi connectivity index (χ1v) is 10.9. The van der Waals surface area contributed by atoms with E-state index in [0.29, 0.717) is 6.54 Å². The maximum absolute atomic E-state index is 12.6. The van der Waals surface area contributed by atoms with Crippen molar-refractivity contribution in [2.75, 3.05) is 26.5 Å². The number of hydrogen-bond acceptors (Lipinski definition) is 3. The fourth-order valence-electron chi connectivity index (χ4n) is 4.14. The number of halogens is 1. The van der Waals surface area contributed by atoms with Crippen LogP contribution in [0, 0.1) is 20.8 Å². The summed E-state index contributed by atoms with van der Waals surface area (Å²) in [5.74, 6) is 0. The molecule has 0 spiro atoms. The third-order valence-electron chi connectivity index (χ3n) is 5.83. The van der Waals surface area contributed by atoms with Crippen LogP contribution in [0.2, 0.25) is 0 Å². The van der Waals surface area contributed by atoms with Gasteiger partial charge in [-0.1, -0.05) is 24.3 Å². The van der Waals surface area contributed by atoms with E-state index in [2.05, 4.69) is 69.8 Å². The van der Waals surface area contributed by atoms with Gasteiger partial charge in [0.1, 0.15) is 12.2 Å². The molecule has 3 heterocycles. The minimum atomic E-state index is -0.0578. The lowest BCUT2D eigenvalue weighted by molar-refractivity contribution is -0.884. The topological polar surface area (TPSA) is 51.3 Å². The predicted molar refractivity (Wildman–Crippen MR) is 131 cm³/mol. The standard InChI is InChI=1S/C26H32N5O.HI/c1-18-10-9-11-19(2)22(18)15-27-23-14-21(29-13-8-7-12-25(29)32)16-30-24(17-31(4,5)6)20(3)28-26(23)30;/h7-14,16,27H,15,17H2,1-6H3;1H/q+1;/p-1. The van der Waals surface area contributed by atoms with Gasteiger partial charge in [0.05, 0.1) is 38.2 Å². The highest BCUT2D eigenvalue weighted by Crippen LogP contribution is 2.26. The minimum absolute atomic E-state index is 0. The van der Waals surface area contributed by atoms with Crippen molar-refractivity contribution < 1.29 is 28.5 Å². The number of nitrogens with zero attached hydrogens (tertiary/aromatic N) is 4. The zero-order valence-corrected chi connectivity index (χ0v) is 22.3. The summed E-state index contributed by atoms with van der Waals surface area (Å²) in [4.78, 5) is 17.5. The third kappa shape index (κ3) is 5.30. The minimum Gasteiger partial charge on any atom is -1.00 e. The number of aromatic nitrogens is 3. The number of benzene rings is 1. The average Bonchev–Trinajstić information content (AvgIpc) is 3.02. The molecule has 0 fully saturated rings. The molecule has 0 aliphatic rings. The van der Waals surface area contributed by atoms with Crippen molar-refractivity contribution in [2.45, 2.75) is 33.9 Å². The molecule has 0 radical (unpaired) electrons. The molecule has 174 valence electrons. The van der Waals surface area contributed by atoms with Crippen LogP contribution in [0.25, 0.3) is 11.3 Å². The van der Waals surface area contributed by atoms with Crippen molar-refractivity contribution in [3.8, 4) is 5.69 Å². The molecule has 0 amide bonds. The Bertz CT molecular complexity index is 1330. The fraction of sp³-hybridized carbons (Fsp3) is 0.308. The van der Waals surface area contributed by atoms with Gasteiger partial charge in [0.25, 0.3) is 5.56 Å². The lowest BCUT2D eigenvalue weighted by Gasteiger charge is -2.24. The van der Waals surface area contributed by atoms with Crippen molar-refractivity contribution in [1.29, 1.82) is 0 Å². The summed E-state index contributed by atoms with van der Waals surface area (Å²) in [6.45, 7) is 7.85. The van der Waals surface area contributed by atoms with Gasteiger partial charge in [-0.3, -0.25) is 13.8 Å². The Kier molecular flexibility index (Phi) is 7.33. The van der Waals surface area contributed by atoms with Gasteiger partial charge in [0, 0.05) is 25.0 Å². The Morgan fingerprint density at radius 1 is 1.00 bits per heavy atom. The molecule has 0 aliphatic heterocycles. The van der Waals surface area contributed by atoms with Crippen LogP contribution in [0.5, 0.6) is 0 Å². The van der Waals surface area contributed by atoms with E-state index in [1.165, 1.54) is 16.7 Å². The summed E-state index contributed by atoms with van der Waals surface area (Å²) in [7, 11) is 6.51. The highest BCUT2D eigenvalue weighted by atomic mass is 127. The van der Waals surface area contributed by atoms with Gasteiger partial charge in [-0.25, -0.2) is 4.98 Å². The predicted octanol–water partition coefficient (Wildman–Crippen LogP) is 1.23. The van der Waals surface area contributed by atoms with Crippen molar-refractivity contribution in [2.24, 2.45) is 0 Å². The smallest absolute Gasteiger partial charge is 0.255 e. The summed E-state index contributed by atoms with van der Waals surface area (Å²) < 4.78 is 4.60. The zero-order chi connectivity index (χ0) is 23.0. The molecule has 0 saturated heterocycles. The number of hydrogen-bond donors (Lipinski definition) is 1. The van der Waals surface area contributed by atoms with Crippen LogP contribution in [0.15, 0.2) is 59.7 Å². The largest absolute Gasteiger partial charge is 1.00 e. The van der Waals surface area contributed by atoms with E-state index in [1.54, 1.807) is 16.7 Å². The summed E-state index contributed by atoms with van der Waals surface area (Å²) in [6.07, 6.45) is 3.83. The molecule has 0 saturated carbocycles. The first-order chi connectivity index (χ1) is 15.1. The Labute approximate surface area is 212 Å². The van der Waals surface area contributed by atoms with Crippen LogP contribution < -0.4 is 34.9 Å². The Morgan fingerprint density at radius 3 is 2.33 bits per heavy atom. The van der Waals surface area contributed by atoms with E-state index in [9.17, 15) is 4.79 Å². The van der Waals surface area contributed by atoms with E-state index in [0.717, 1.165) is 39.4 Å². The number of imidazole rings is 1. The summed E-state index contributed by atoms with van der Waals surface area (Å²) in [5.41, 5.74) is 8.50. The van der Waals surface area contributed by atoms with Gasteiger partial charge in [-0.05, 0) is 49.6 Å². The highest BCUT2D eigenvalue weighted by Gasteiger charge is 2.20. The lowest BCUT2D eigenvalue weighted by Crippen LogP contribution is -3.00. The number of quaternary nitrogens is 1. The molecular weight excluding hydrogens is 525 g/mol. The van der Waals surface area contributed by atoms with Crippen molar-refractivity contribution >= 4 is 11.3 Å². The second-order valence-electron chi connectivity index (χ2n) is 9.53. The molecule has 1 N–H and O–H groups in total. The quantitative estimate of drug-likeness (QED) is 0.287. The molecular formula is C26H32IN5O. The average molecular weight is 557 g/mol. The van der Waals surface area contributed by atoms with Gasteiger partial charge in [0.2, 0.25) is 0 Å². The molecule has 4 aromatic rings. The third-order valence-corrected chi connectivity index (χ3v) is 5.83. The van der Waals surface area contributed by atoms with E-state index in [1.807, 2.05) is 24.5 Å². The maximum Gasteiger partial charge on any atom is 0.255 e. The molecule has 7 heteroatoms. The van der Waals surface area contributed by atoms with Crippen LogP contribution in [-0.4, -0.2) is 39.6 Å². The first kappa shape index (κ1) is 25.0. The van der Waals surface area contributed by atoms with E-state index >= 15 is 0 Å². The molecule has 1 aromatic carbocycles. The van der Waals surface area contributed by atoms with Gasteiger partial charge in [-0.2, -0.15) is 0 Å². The molecule has 3 aromatic heterocycles. The summed E-state index contributed by atoms with van der Waals surface area (Å²) in [6, 6.07) is 13.6. The number of anilines is 1. The molecule has 0 aliphatic carbocycles. The van der Waals surface area contributed by atoms with Crippen LogP contribution in [0.1, 0.15) is 28.1 Å². The number of fused-ring (bicyclic) bond motifs is 1. The Hall–Kier alpha value is -2.65. The zero-order valence-electron chi connectivity index (χ0n) is 20.2. The number of rotatable bonds is 6. The lowest BCUT2D eigenvalue weighted by atomic mass is 10.0. The van der Waals surface area contributed by atoms with Gasteiger partial charge in [-0.15, -0.1) is 0 Å². The number of aryl methyl sites for hydroxylation is 3.